The minimum Gasteiger partial charge on any atom is -0.390 e. The third kappa shape index (κ3) is 2.25. The number of aryl methyl sites for hydroxylation is 1. The fourth-order valence-corrected chi connectivity index (χ4v) is 2.19. The van der Waals surface area contributed by atoms with Crippen LogP contribution in [0.1, 0.15) is 31.0 Å². The molecule has 0 saturated carbocycles. The van der Waals surface area contributed by atoms with Crippen molar-refractivity contribution in [3.8, 4) is 0 Å². The zero-order chi connectivity index (χ0) is 11.6. The van der Waals surface area contributed by atoms with E-state index in [0.717, 1.165) is 30.7 Å². The SMILES string of the molecule is Cc1cccnc1CC(O)C1(C)CCCO1. The zero-order valence-corrected chi connectivity index (χ0v) is 9.94. The molecule has 1 aliphatic heterocycles. The Hall–Kier alpha value is -0.930. The molecule has 0 aromatic carbocycles. The van der Waals surface area contributed by atoms with Crippen LogP contribution in [0.5, 0.6) is 0 Å². The summed E-state index contributed by atoms with van der Waals surface area (Å²) in [7, 11) is 0. The number of ether oxygens (including phenoxy) is 1. The van der Waals surface area contributed by atoms with Gasteiger partial charge in [0.25, 0.3) is 0 Å². The highest BCUT2D eigenvalue weighted by Crippen LogP contribution is 2.30. The van der Waals surface area contributed by atoms with Crippen LogP contribution < -0.4 is 0 Å². The second-order valence-electron chi connectivity index (χ2n) is 4.75. The number of aliphatic hydroxyl groups excluding tert-OH is 1. The summed E-state index contributed by atoms with van der Waals surface area (Å²) in [5, 5.41) is 10.2. The highest BCUT2D eigenvalue weighted by molar-refractivity contribution is 5.19. The van der Waals surface area contributed by atoms with Gasteiger partial charge in [0, 0.05) is 24.9 Å². The molecule has 0 bridgehead atoms. The Morgan fingerprint density at radius 3 is 3.06 bits per heavy atom. The van der Waals surface area contributed by atoms with Gasteiger partial charge in [-0.2, -0.15) is 0 Å². The number of hydrogen-bond donors (Lipinski definition) is 1. The zero-order valence-electron chi connectivity index (χ0n) is 9.94. The fraction of sp³-hybridized carbons (Fsp3) is 0.615. The number of pyridine rings is 1. The second kappa shape index (κ2) is 4.52. The van der Waals surface area contributed by atoms with Gasteiger partial charge in [0.2, 0.25) is 0 Å². The average molecular weight is 221 g/mol. The van der Waals surface area contributed by atoms with E-state index in [2.05, 4.69) is 4.98 Å². The first-order valence-corrected chi connectivity index (χ1v) is 5.84. The molecular weight excluding hydrogens is 202 g/mol. The molecule has 0 aliphatic carbocycles. The van der Waals surface area contributed by atoms with Gasteiger partial charge in [-0.05, 0) is 38.3 Å². The number of aliphatic hydroxyl groups is 1. The van der Waals surface area contributed by atoms with E-state index in [9.17, 15) is 5.11 Å². The van der Waals surface area contributed by atoms with Crippen molar-refractivity contribution in [2.24, 2.45) is 0 Å². The number of aromatic nitrogens is 1. The normalized spacial score (nSPS) is 26.9. The molecular formula is C13H19NO2. The lowest BCUT2D eigenvalue weighted by molar-refractivity contribution is -0.0771. The maximum absolute atomic E-state index is 10.2. The average Bonchev–Trinajstić information content (AvgIpc) is 2.70. The van der Waals surface area contributed by atoms with E-state index >= 15 is 0 Å². The van der Waals surface area contributed by atoms with Crippen molar-refractivity contribution in [1.29, 1.82) is 0 Å². The van der Waals surface area contributed by atoms with Crippen LogP contribution in [-0.4, -0.2) is 28.4 Å². The minimum atomic E-state index is -0.469. The van der Waals surface area contributed by atoms with E-state index in [1.165, 1.54) is 0 Å². The topological polar surface area (TPSA) is 42.4 Å². The number of rotatable bonds is 3. The number of hydrogen-bond acceptors (Lipinski definition) is 3. The summed E-state index contributed by atoms with van der Waals surface area (Å²) in [6, 6.07) is 3.94. The highest BCUT2D eigenvalue weighted by atomic mass is 16.5. The van der Waals surface area contributed by atoms with Crippen LogP contribution in [0.4, 0.5) is 0 Å². The maximum Gasteiger partial charge on any atom is 0.0916 e. The lowest BCUT2D eigenvalue weighted by Crippen LogP contribution is -2.40. The molecule has 1 aromatic rings. The third-order valence-corrected chi connectivity index (χ3v) is 3.46. The summed E-state index contributed by atoms with van der Waals surface area (Å²) < 4.78 is 5.64. The Morgan fingerprint density at radius 1 is 1.62 bits per heavy atom. The van der Waals surface area contributed by atoms with Gasteiger partial charge in [0.05, 0.1) is 11.7 Å². The van der Waals surface area contributed by atoms with Gasteiger partial charge in [0.15, 0.2) is 0 Å². The van der Waals surface area contributed by atoms with Crippen molar-refractivity contribution in [2.75, 3.05) is 6.61 Å². The van der Waals surface area contributed by atoms with Crippen LogP contribution in [0, 0.1) is 6.92 Å². The van der Waals surface area contributed by atoms with Crippen LogP contribution in [0.15, 0.2) is 18.3 Å². The first kappa shape index (κ1) is 11.6. The summed E-state index contributed by atoms with van der Waals surface area (Å²) in [5.74, 6) is 0. The molecule has 1 fully saturated rings. The largest absolute Gasteiger partial charge is 0.390 e. The fourth-order valence-electron chi connectivity index (χ4n) is 2.19. The van der Waals surface area contributed by atoms with Crippen molar-refractivity contribution >= 4 is 0 Å². The molecule has 0 spiro atoms. The van der Waals surface area contributed by atoms with Crippen molar-refractivity contribution in [2.45, 2.75) is 44.8 Å². The first-order valence-electron chi connectivity index (χ1n) is 5.84. The molecule has 3 heteroatoms. The van der Waals surface area contributed by atoms with E-state index in [0.29, 0.717) is 6.42 Å². The number of nitrogens with zero attached hydrogens (tertiary/aromatic N) is 1. The molecule has 1 saturated heterocycles. The van der Waals surface area contributed by atoms with Crippen molar-refractivity contribution in [3.05, 3.63) is 29.6 Å². The van der Waals surface area contributed by atoms with E-state index < -0.39 is 6.10 Å². The molecule has 2 unspecified atom stereocenters. The van der Waals surface area contributed by atoms with Gasteiger partial charge in [0.1, 0.15) is 0 Å². The molecule has 16 heavy (non-hydrogen) atoms. The van der Waals surface area contributed by atoms with Gasteiger partial charge in [-0.25, -0.2) is 0 Å². The van der Waals surface area contributed by atoms with Crippen LogP contribution >= 0.6 is 0 Å². The third-order valence-electron chi connectivity index (χ3n) is 3.46. The van der Waals surface area contributed by atoms with Gasteiger partial charge in [-0.1, -0.05) is 6.07 Å². The molecule has 0 amide bonds. The monoisotopic (exact) mass is 221 g/mol. The summed E-state index contributed by atoms with van der Waals surface area (Å²) in [6.45, 7) is 4.77. The maximum atomic E-state index is 10.2. The molecule has 2 rings (SSSR count). The molecule has 1 aromatic heterocycles. The second-order valence-corrected chi connectivity index (χ2v) is 4.75. The minimum absolute atomic E-state index is 0.385. The Morgan fingerprint density at radius 2 is 2.44 bits per heavy atom. The molecule has 88 valence electrons. The van der Waals surface area contributed by atoms with Gasteiger partial charge < -0.3 is 9.84 Å². The molecule has 0 radical (unpaired) electrons. The van der Waals surface area contributed by atoms with Gasteiger partial charge in [-0.3, -0.25) is 4.98 Å². The molecule has 1 N–H and O–H groups in total. The summed E-state index contributed by atoms with van der Waals surface area (Å²) in [5.41, 5.74) is 1.71. The lowest BCUT2D eigenvalue weighted by atomic mass is 9.91. The Kier molecular flexibility index (Phi) is 3.26. The smallest absolute Gasteiger partial charge is 0.0916 e. The molecule has 3 nitrogen and oxygen atoms in total. The van der Waals surface area contributed by atoms with Crippen molar-refractivity contribution in [3.63, 3.8) is 0 Å². The van der Waals surface area contributed by atoms with Crippen LogP contribution in [0.25, 0.3) is 0 Å². The molecule has 2 heterocycles. The van der Waals surface area contributed by atoms with Gasteiger partial charge >= 0.3 is 0 Å². The van der Waals surface area contributed by atoms with Crippen molar-refractivity contribution < 1.29 is 9.84 Å². The summed E-state index contributed by atoms with van der Waals surface area (Å²) in [4.78, 5) is 4.31. The first-order chi connectivity index (χ1) is 7.62. The van der Waals surface area contributed by atoms with E-state index in [1.807, 2.05) is 26.0 Å². The summed E-state index contributed by atoms with van der Waals surface area (Å²) >= 11 is 0. The van der Waals surface area contributed by atoms with Gasteiger partial charge in [-0.15, -0.1) is 0 Å². The molecule has 2 atom stereocenters. The molecule has 1 aliphatic rings. The summed E-state index contributed by atoms with van der Waals surface area (Å²) in [6.07, 6.45) is 3.84. The van der Waals surface area contributed by atoms with Crippen molar-refractivity contribution in [1.82, 2.24) is 4.98 Å². The van der Waals surface area contributed by atoms with Crippen LogP contribution in [-0.2, 0) is 11.2 Å². The predicted octanol–water partition coefficient (Wildman–Crippen LogP) is 1.86. The van der Waals surface area contributed by atoms with E-state index in [1.54, 1.807) is 6.20 Å². The highest BCUT2D eigenvalue weighted by Gasteiger charge is 2.37. The van der Waals surface area contributed by atoms with E-state index in [-0.39, 0.29) is 5.60 Å². The Bertz CT molecular complexity index is 359. The predicted molar refractivity (Wildman–Crippen MR) is 62.3 cm³/mol. The van der Waals surface area contributed by atoms with Crippen LogP contribution in [0.2, 0.25) is 0 Å². The Labute approximate surface area is 96.5 Å². The standard InChI is InChI=1S/C13H19NO2/c1-10-5-3-7-14-11(10)9-12(15)13(2)6-4-8-16-13/h3,5,7,12,15H,4,6,8-9H2,1-2H3. The lowest BCUT2D eigenvalue weighted by Gasteiger charge is -2.29. The van der Waals surface area contributed by atoms with E-state index in [4.69, 9.17) is 4.74 Å². The quantitative estimate of drug-likeness (QED) is 0.847. The van der Waals surface area contributed by atoms with Crippen LogP contribution in [0.3, 0.4) is 0 Å². The Balaban J connectivity index is 2.07.